The van der Waals surface area contributed by atoms with Gasteiger partial charge in [-0.2, -0.15) is 0 Å². The summed E-state index contributed by atoms with van der Waals surface area (Å²) < 4.78 is 27.0. The van der Waals surface area contributed by atoms with Crippen LogP contribution in [0, 0.1) is 6.92 Å². The largest absolute Gasteiger partial charge is 0.399 e. The van der Waals surface area contributed by atoms with Crippen molar-refractivity contribution >= 4 is 15.7 Å². The molecule has 0 aromatic heterocycles. The summed E-state index contributed by atoms with van der Waals surface area (Å²) in [6, 6.07) is 4.73. The molecule has 1 aromatic carbocycles. The summed E-state index contributed by atoms with van der Waals surface area (Å²) >= 11 is 0. The van der Waals surface area contributed by atoms with E-state index in [0.29, 0.717) is 17.7 Å². The Labute approximate surface area is 108 Å². The summed E-state index contributed by atoms with van der Waals surface area (Å²) in [5, 5.41) is 9.27. The first kappa shape index (κ1) is 14.9. The summed E-state index contributed by atoms with van der Waals surface area (Å²) in [4.78, 5) is 0.149. The van der Waals surface area contributed by atoms with E-state index in [1.165, 1.54) is 6.07 Å². The standard InChI is InChI=1S/C12H20N2O3S/c1-4-12(3,8-15)14-18(16,17)11-7-10(13)6-5-9(11)2/h5-7,14-15H,4,8,13H2,1-3H3. The minimum atomic E-state index is -3.69. The third kappa shape index (κ3) is 3.22. The smallest absolute Gasteiger partial charge is 0.241 e. The van der Waals surface area contributed by atoms with Crippen LogP contribution in [0.4, 0.5) is 5.69 Å². The summed E-state index contributed by atoms with van der Waals surface area (Å²) in [7, 11) is -3.69. The molecule has 0 fully saturated rings. The van der Waals surface area contributed by atoms with Crippen LogP contribution < -0.4 is 10.5 Å². The van der Waals surface area contributed by atoms with E-state index in [0.717, 1.165) is 0 Å². The maximum atomic E-state index is 12.3. The highest BCUT2D eigenvalue weighted by Gasteiger charge is 2.29. The lowest BCUT2D eigenvalue weighted by Crippen LogP contribution is -2.48. The molecule has 6 heteroatoms. The Kier molecular flexibility index (Phi) is 4.37. The maximum Gasteiger partial charge on any atom is 0.241 e. The van der Waals surface area contributed by atoms with Crippen molar-refractivity contribution in [2.24, 2.45) is 0 Å². The Morgan fingerprint density at radius 1 is 1.44 bits per heavy atom. The number of aliphatic hydroxyl groups excluding tert-OH is 1. The number of hydrogen-bond acceptors (Lipinski definition) is 4. The van der Waals surface area contributed by atoms with Crippen LogP contribution in [0.15, 0.2) is 23.1 Å². The molecular weight excluding hydrogens is 252 g/mol. The summed E-state index contributed by atoms with van der Waals surface area (Å²) in [6.45, 7) is 4.91. The molecule has 0 saturated carbocycles. The molecule has 0 radical (unpaired) electrons. The molecule has 1 atom stereocenters. The molecule has 0 aliphatic rings. The van der Waals surface area contributed by atoms with Crippen LogP contribution >= 0.6 is 0 Å². The van der Waals surface area contributed by atoms with Gasteiger partial charge in [-0.25, -0.2) is 13.1 Å². The molecule has 0 aliphatic heterocycles. The molecule has 0 aliphatic carbocycles. The SMILES string of the molecule is CCC(C)(CO)NS(=O)(=O)c1cc(N)ccc1C. The van der Waals surface area contributed by atoms with Gasteiger partial charge < -0.3 is 10.8 Å². The van der Waals surface area contributed by atoms with Crippen LogP contribution in [0.3, 0.4) is 0 Å². The number of benzene rings is 1. The van der Waals surface area contributed by atoms with Gasteiger partial charge in [-0.3, -0.25) is 0 Å². The second-order valence-corrected chi connectivity index (χ2v) is 6.35. The van der Waals surface area contributed by atoms with Gasteiger partial charge in [0.15, 0.2) is 0 Å². The van der Waals surface area contributed by atoms with Crippen LogP contribution in [0.2, 0.25) is 0 Å². The average molecular weight is 272 g/mol. The van der Waals surface area contributed by atoms with Gasteiger partial charge in [0.05, 0.1) is 17.0 Å². The molecule has 1 aromatic rings. The van der Waals surface area contributed by atoms with Crippen molar-refractivity contribution in [1.82, 2.24) is 4.72 Å². The highest BCUT2D eigenvalue weighted by molar-refractivity contribution is 7.89. The number of aryl methyl sites for hydroxylation is 1. The number of hydrogen-bond donors (Lipinski definition) is 3. The van der Waals surface area contributed by atoms with Crippen molar-refractivity contribution in [3.63, 3.8) is 0 Å². The lowest BCUT2D eigenvalue weighted by Gasteiger charge is -2.27. The molecule has 5 nitrogen and oxygen atoms in total. The fourth-order valence-corrected chi connectivity index (χ4v) is 3.25. The minimum absolute atomic E-state index is 0.149. The predicted octanol–water partition coefficient (Wildman–Crippen LogP) is 1.02. The molecule has 18 heavy (non-hydrogen) atoms. The third-order valence-corrected chi connectivity index (χ3v) is 4.79. The average Bonchev–Trinajstić information content (AvgIpc) is 2.31. The molecule has 1 rings (SSSR count). The Hall–Kier alpha value is -1.11. The summed E-state index contributed by atoms with van der Waals surface area (Å²) in [5.74, 6) is 0. The highest BCUT2D eigenvalue weighted by Crippen LogP contribution is 2.21. The first-order valence-electron chi connectivity index (χ1n) is 5.75. The first-order valence-corrected chi connectivity index (χ1v) is 7.23. The molecule has 4 N–H and O–H groups in total. The van der Waals surface area contributed by atoms with Crippen molar-refractivity contribution in [3.8, 4) is 0 Å². The van der Waals surface area contributed by atoms with Crippen molar-refractivity contribution in [1.29, 1.82) is 0 Å². The van der Waals surface area contributed by atoms with Gasteiger partial charge in [-0.1, -0.05) is 13.0 Å². The Bertz CT molecular complexity index is 522. The number of rotatable bonds is 5. The Morgan fingerprint density at radius 3 is 2.56 bits per heavy atom. The zero-order chi connectivity index (χ0) is 14.0. The zero-order valence-electron chi connectivity index (χ0n) is 10.9. The first-order chi connectivity index (χ1) is 8.24. The molecule has 0 heterocycles. The number of anilines is 1. The van der Waals surface area contributed by atoms with Crippen LogP contribution in [-0.2, 0) is 10.0 Å². The second kappa shape index (κ2) is 5.26. The van der Waals surface area contributed by atoms with Crippen LogP contribution in [0.5, 0.6) is 0 Å². The number of aliphatic hydroxyl groups is 1. The topological polar surface area (TPSA) is 92.4 Å². The molecule has 0 spiro atoms. The van der Waals surface area contributed by atoms with Crippen molar-refractivity contribution < 1.29 is 13.5 Å². The number of nitrogens with two attached hydrogens (primary N) is 1. The number of nitrogen functional groups attached to an aromatic ring is 1. The van der Waals surface area contributed by atoms with Gasteiger partial charge in [0.25, 0.3) is 0 Å². The van der Waals surface area contributed by atoms with Crippen LogP contribution in [0.1, 0.15) is 25.8 Å². The van der Waals surface area contributed by atoms with Gasteiger partial charge >= 0.3 is 0 Å². The van der Waals surface area contributed by atoms with Gasteiger partial charge in [-0.05, 0) is 38.0 Å². The molecule has 0 amide bonds. The highest BCUT2D eigenvalue weighted by atomic mass is 32.2. The van der Waals surface area contributed by atoms with Gasteiger partial charge in [0.2, 0.25) is 10.0 Å². The summed E-state index contributed by atoms with van der Waals surface area (Å²) in [6.07, 6.45) is 0.490. The van der Waals surface area contributed by atoms with Crippen molar-refractivity contribution in [3.05, 3.63) is 23.8 Å². The maximum absolute atomic E-state index is 12.3. The Morgan fingerprint density at radius 2 is 2.06 bits per heavy atom. The van der Waals surface area contributed by atoms with Gasteiger partial charge in [-0.15, -0.1) is 0 Å². The van der Waals surface area contributed by atoms with E-state index in [9.17, 15) is 13.5 Å². The molecular formula is C12H20N2O3S. The minimum Gasteiger partial charge on any atom is -0.399 e. The van der Waals surface area contributed by atoms with Crippen molar-refractivity contribution in [2.45, 2.75) is 37.6 Å². The van der Waals surface area contributed by atoms with E-state index >= 15 is 0 Å². The van der Waals surface area contributed by atoms with Gasteiger partial charge in [0, 0.05) is 5.69 Å². The fraction of sp³-hybridized carbons (Fsp3) is 0.500. The number of sulfonamides is 1. The molecule has 1 unspecified atom stereocenters. The fourth-order valence-electron chi connectivity index (χ4n) is 1.50. The quantitative estimate of drug-likeness (QED) is 0.698. The van der Waals surface area contributed by atoms with E-state index in [2.05, 4.69) is 4.72 Å². The van der Waals surface area contributed by atoms with E-state index in [4.69, 9.17) is 5.73 Å². The molecule has 0 bridgehead atoms. The van der Waals surface area contributed by atoms with E-state index < -0.39 is 15.6 Å². The number of nitrogens with one attached hydrogen (secondary N) is 1. The lowest BCUT2D eigenvalue weighted by molar-refractivity contribution is 0.191. The van der Waals surface area contributed by atoms with Crippen LogP contribution in [-0.4, -0.2) is 25.7 Å². The normalized spacial score (nSPS) is 15.3. The second-order valence-electron chi connectivity index (χ2n) is 4.70. The van der Waals surface area contributed by atoms with Crippen LogP contribution in [0.25, 0.3) is 0 Å². The lowest BCUT2D eigenvalue weighted by atomic mass is 10.0. The third-order valence-electron chi connectivity index (χ3n) is 3.01. The molecule has 0 saturated heterocycles. The predicted molar refractivity (Wildman–Crippen MR) is 71.7 cm³/mol. The van der Waals surface area contributed by atoms with E-state index in [-0.39, 0.29) is 11.5 Å². The monoisotopic (exact) mass is 272 g/mol. The summed E-state index contributed by atoms with van der Waals surface area (Å²) in [5.41, 5.74) is 5.76. The van der Waals surface area contributed by atoms with E-state index in [1.807, 2.05) is 6.92 Å². The molecule has 102 valence electrons. The zero-order valence-corrected chi connectivity index (χ0v) is 11.7. The van der Waals surface area contributed by atoms with E-state index in [1.54, 1.807) is 26.0 Å². The van der Waals surface area contributed by atoms with Crippen molar-refractivity contribution in [2.75, 3.05) is 12.3 Å². The Balaban J connectivity index is 3.18. The van der Waals surface area contributed by atoms with Gasteiger partial charge in [0.1, 0.15) is 0 Å².